The third-order valence-electron chi connectivity index (χ3n) is 3.39. The molecule has 0 radical (unpaired) electrons. The quantitative estimate of drug-likeness (QED) is 0.908. The molecule has 1 aliphatic heterocycles. The monoisotopic (exact) mass is 284 g/mol. The zero-order valence-corrected chi connectivity index (χ0v) is 11.2. The molecule has 0 saturated heterocycles. The highest BCUT2D eigenvalue weighted by Gasteiger charge is 2.19. The third kappa shape index (κ3) is 2.76. The number of carbonyl (C=O) groups excluding carboxylic acids is 2. The lowest BCUT2D eigenvalue weighted by Crippen LogP contribution is -2.23. The maximum atomic E-state index is 13.5. The van der Waals surface area contributed by atoms with Crippen molar-refractivity contribution in [3.05, 3.63) is 65.0 Å². The van der Waals surface area contributed by atoms with Gasteiger partial charge in [0.2, 0.25) is 5.91 Å². The van der Waals surface area contributed by atoms with E-state index in [1.54, 1.807) is 36.4 Å². The van der Waals surface area contributed by atoms with Crippen molar-refractivity contribution in [2.45, 2.75) is 13.0 Å². The number of halogens is 1. The Morgan fingerprint density at radius 1 is 1.24 bits per heavy atom. The van der Waals surface area contributed by atoms with Gasteiger partial charge in [0.05, 0.1) is 6.42 Å². The Morgan fingerprint density at radius 3 is 2.86 bits per heavy atom. The van der Waals surface area contributed by atoms with Crippen LogP contribution in [0.2, 0.25) is 0 Å². The highest BCUT2D eigenvalue weighted by Crippen LogP contribution is 2.24. The van der Waals surface area contributed by atoms with Crippen LogP contribution in [0.3, 0.4) is 0 Å². The fraction of sp³-hybridized carbons (Fsp3) is 0.125. The number of rotatable bonds is 3. The molecule has 21 heavy (non-hydrogen) atoms. The van der Waals surface area contributed by atoms with Crippen LogP contribution in [0, 0.1) is 5.82 Å². The minimum atomic E-state index is -0.348. The molecule has 2 N–H and O–H groups in total. The Morgan fingerprint density at radius 2 is 2.05 bits per heavy atom. The molecule has 1 aliphatic rings. The fourth-order valence-electron chi connectivity index (χ4n) is 2.27. The van der Waals surface area contributed by atoms with Crippen LogP contribution in [0.5, 0.6) is 0 Å². The largest absolute Gasteiger partial charge is 0.348 e. The second-order valence-corrected chi connectivity index (χ2v) is 4.87. The summed E-state index contributed by atoms with van der Waals surface area (Å²) in [6.45, 7) is 0.120. The van der Waals surface area contributed by atoms with Crippen LogP contribution in [-0.4, -0.2) is 11.8 Å². The predicted molar refractivity (Wildman–Crippen MR) is 76.3 cm³/mol. The fourth-order valence-corrected chi connectivity index (χ4v) is 2.27. The topological polar surface area (TPSA) is 58.2 Å². The summed E-state index contributed by atoms with van der Waals surface area (Å²) in [5, 5.41) is 5.36. The Hall–Kier alpha value is -2.69. The number of anilines is 1. The Balaban J connectivity index is 1.71. The van der Waals surface area contributed by atoms with Gasteiger partial charge in [0, 0.05) is 23.4 Å². The first kappa shape index (κ1) is 13.3. The SMILES string of the molecule is O=C1Cc2ccc(C(=O)NCc3ccccc3F)cc2N1. The van der Waals surface area contributed by atoms with Crippen LogP contribution < -0.4 is 10.6 Å². The summed E-state index contributed by atoms with van der Waals surface area (Å²) in [5.41, 5.74) is 2.41. The first-order valence-electron chi connectivity index (χ1n) is 6.58. The van der Waals surface area contributed by atoms with Gasteiger partial charge in [-0.3, -0.25) is 9.59 Å². The average molecular weight is 284 g/mol. The Bertz CT molecular complexity index is 728. The number of fused-ring (bicyclic) bond motifs is 1. The summed E-state index contributed by atoms with van der Waals surface area (Å²) < 4.78 is 13.5. The van der Waals surface area contributed by atoms with Crippen LogP contribution in [-0.2, 0) is 17.8 Å². The first-order chi connectivity index (χ1) is 10.1. The molecule has 2 aromatic rings. The second kappa shape index (κ2) is 5.36. The number of hydrogen-bond donors (Lipinski definition) is 2. The zero-order valence-electron chi connectivity index (χ0n) is 11.2. The molecule has 0 saturated carbocycles. The molecule has 0 atom stereocenters. The lowest BCUT2D eigenvalue weighted by molar-refractivity contribution is -0.115. The van der Waals surface area contributed by atoms with Crippen LogP contribution in [0.1, 0.15) is 21.5 Å². The Labute approximate surface area is 121 Å². The lowest BCUT2D eigenvalue weighted by Gasteiger charge is -2.07. The maximum absolute atomic E-state index is 13.5. The van der Waals surface area contributed by atoms with Crippen molar-refractivity contribution in [2.75, 3.05) is 5.32 Å². The smallest absolute Gasteiger partial charge is 0.251 e. The molecule has 0 unspecified atom stereocenters. The predicted octanol–water partition coefficient (Wildman–Crippen LogP) is 2.25. The molecule has 0 fully saturated rings. The van der Waals surface area contributed by atoms with E-state index in [1.165, 1.54) is 6.07 Å². The Kier molecular flexibility index (Phi) is 3.39. The van der Waals surface area contributed by atoms with Gasteiger partial charge < -0.3 is 10.6 Å². The van der Waals surface area contributed by atoms with Crippen molar-refractivity contribution in [3.63, 3.8) is 0 Å². The van der Waals surface area contributed by atoms with E-state index >= 15 is 0 Å². The van der Waals surface area contributed by atoms with Crippen LogP contribution >= 0.6 is 0 Å². The maximum Gasteiger partial charge on any atom is 0.251 e. The number of carbonyl (C=O) groups is 2. The average Bonchev–Trinajstić information content (AvgIpc) is 2.85. The van der Waals surface area contributed by atoms with Gasteiger partial charge in [-0.15, -0.1) is 0 Å². The summed E-state index contributed by atoms with van der Waals surface area (Å²) in [6.07, 6.45) is 0.340. The van der Waals surface area contributed by atoms with Crippen molar-refractivity contribution in [1.29, 1.82) is 0 Å². The van der Waals surface area contributed by atoms with Crippen LogP contribution in [0.4, 0.5) is 10.1 Å². The van der Waals surface area contributed by atoms with Crippen molar-refractivity contribution >= 4 is 17.5 Å². The van der Waals surface area contributed by atoms with E-state index in [-0.39, 0.29) is 24.2 Å². The highest BCUT2D eigenvalue weighted by molar-refractivity contribution is 6.02. The van der Waals surface area contributed by atoms with Gasteiger partial charge in [-0.2, -0.15) is 0 Å². The molecule has 0 bridgehead atoms. The standard InChI is InChI=1S/C16H13FN2O2/c17-13-4-2-1-3-12(13)9-18-16(21)11-6-5-10-8-15(20)19-14(10)7-11/h1-7H,8-9H2,(H,18,21)(H,19,20). The second-order valence-electron chi connectivity index (χ2n) is 4.87. The van der Waals surface area contributed by atoms with Crippen LogP contribution in [0.15, 0.2) is 42.5 Å². The van der Waals surface area contributed by atoms with Crippen molar-refractivity contribution in [2.24, 2.45) is 0 Å². The number of amides is 2. The molecule has 0 aromatic heterocycles. The van der Waals surface area contributed by atoms with Crippen molar-refractivity contribution < 1.29 is 14.0 Å². The molecule has 5 heteroatoms. The molecule has 2 aromatic carbocycles. The van der Waals surface area contributed by atoms with Crippen LogP contribution in [0.25, 0.3) is 0 Å². The van der Waals surface area contributed by atoms with Gasteiger partial charge in [0.1, 0.15) is 5.82 Å². The van der Waals surface area contributed by atoms with Gasteiger partial charge in [0.15, 0.2) is 0 Å². The lowest BCUT2D eigenvalue weighted by atomic mass is 10.1. The van der Waals surface area contributed by atoms with Gasteiger partial charge in [-0.25, -0.2) is 4.39 Å². The minimum Gasteiger partial charge on any atom is -0.348 e. The summed E-state index contributed by atoms with van der Waals surface area (Å²) >= 11 is 0. The summed E-state index contributed by atoms with van der Waals surface area (Å²) in [6, 6.07) is 11.3. The molecule has 1 heterocycles. The van der Waals surface area contributed by atoms with E-state index in [1.807, 2.05) is 0 Å². The normalized spacial score (nSPS) is 12.7. The summed E-state index contributed by atoms with van der Waals surface area (Å²) in [4.78, 5) is 23.3. The first-order valence-corrected chi connectivity index (χ1v) is 6.58. The molecule has 106 valence electrons. The zero-order chi connectivity index (χ0) is 14.8. The van der Waals surface area contributed by atoms with E-state index in [2.05, 4.69) is 10.6 Å². The van der Waals surface area contributed by atoms with Crippen molar-refractivity contribution in [3.8, 4) is 0 Å². The summed E-state index contributed by atoms with van der Waals surface area (Å²) in [7, 11) is 0. The molecular formula is C16H13FN2O2. The number of hydrogen-bond acceptors (Lipinski definition) is 2. The van der Waals surface area contributed by atoms with Crippen molar-refractivity contribution in [1.82, 2.24) is 5.32 Å². The molecule has 3 rings (SSSR count). The molecule has 4 nitrogen and oxygen atoms in total. The van der Waals surface area contributed by atoms with E-state index in [4.69, 9.17) is 0 Å². The van der Waals surface area contributed by atoms with E-state index in [9.17, 15) is 14.0 Å². The summed E-state index contributed by atoms with van der Waals surface area (Å²) in [5.74, 6) is -0.727. The molecule has 0 aliphatic carbocycles. The third-order valence-corrected chi connectivity index (χ3v) is 3.39. The van der Waals surface area contributed by atoms with Gasteiger partial charge in [-0.1, -0.05) is 24.3 Å². The highest BCUT2D eigenvalue weighted by atomic mass is 19.1. The number of nitrogens with one attached hydrogen (secondary N) is 2. The van der Waals surface area contributed by atoms with Gasteiger partial charge >= 0.3 is 0 Å². The van der Waals surface area contributed by atoms with Gasteiger partial charge in [0.25, 0.3) is 5.91 Å². The van der Waals surface area contributed by atoms with E-state index < -0.39 is 0 Å². The number of benzene rings is 2. The van der Waals surface area contributed by atoms with Gasteiger partial charge in [-0.05, 0) is 23.8 Å². The molecule has 2 amide bonds. The van der Waals surface area contributed by atoms with E-state index in [0.717, 1.165) is 5.56 Å². The molecular weight excluding hydrogens is 271 g/mol. The minimum absolute atomic E-state index is 0.0751. The van der Waals surface area contributed by atoms with E-state index in [0.29, 0.717) is 23.2 Å². The molecule has 0 spiro atoms.